The maximum atomic E-state index is 14.1. The number of benzene rings is 4. The first-order valence-electron chi connectivity index (χ1n) is 13.9. The molecule has 5 aromatic rings. The minimum atomic E-state index is -0.242. The average Bonchev–Trinajstić information content (AvgIpc) is 3.34. The van der Waals surface area contributed by atoms with Gasteiger partial charge in [-0.2, -0.15) is 0 Å². The molecule has 5 nitrogen and oxygen atoms in total. The van der Waals surface area contributed by atoms with Gasteiger partial charge in [-0.25, -0.2) is 4.99 Å². The van der Waals surface area contributed by atoms with E-state index in [9.17, 15) is 4.79 Å². The van der Waals surface area contributed by atoms with Crippen molar-refractivity contribution >= 4 is 46.3 Å². The molecule has 0 saturated heterocycles. The van der Waals surface area contributed by atoms with E-state index in [-0.39, 0.29) is 11.6 Å². The van der Waals surface area contributed by atoms with Crippen LogP contribution in [0.4, 0.5) is 0 Å². The van der Waals surface area contributed by atoms with Gasteiger partial charge in [0, 0.05) is 5.56 Å². The van der Waals surface area contributed by atoms with Crippen LogP contribution < -0.4 is 24.4 Å². The van der Waals surface area contributed by atoms with E-state index in [1.807, 2.05) is 65.2 Å². The summed E-state index contributed by atoms with van der Waals surface area (Å²) < 4.78 is 13.9. The van der Waals surface area contributed by atoms with Crippen molar-refractivity contribution in [3.8, 4) is 11.5 Å². The summed E-state index contributed by atoms with van der Waals surface area (Å²) in [5, 5.41) is 0.998. The Morgan fingerprint density at radius 1 is 0.930 bits per heavy atom. The second-order valence-corrected chi connectivity index (χ2v) is 12.3. The predicted molar refractivity (Wildman–Crippen MR) is 173 cm³/mol. The lowest BCUT2D eigenvalue weighted by Crippen LogP contribution is -2.38. The molecule has 0 saturated carbocycles. The number of hydrogen-bond acceptors (Lipinski definition) is 5. The van der Waals surface area contributed by atoms with Crippen LogP contribution in [-0.2, 0) is 13.0 Å². The molecule has 43 heavy (non-hydrogen) atoms. The third-order valence-corrected chi connectivity index (χ3v) is 9.57. The first-order chi connectivity index (χ1) is 21.0. The molecule has 0 radical (unpaired) electrons. The molecule has 2 aliphatic rings. The van der Waals surface area contributed by atoms with Crippen molar-refractivity contribution in [2.24, 2.45) is 4.99 Å². The Kier molecular flexibility index (Phi) is 7.43. The number of halogens is 2. The molecular weight excluding hydrogens is 599 g/mol. The van der Waals surface area contributed by atoms with Gasteiger partial charge in [-0.3, -0.25) is 9.36 Å². The fourth-order valence-electron chi connectivity index (χ4n) is 5.75. The molecule has 8 heteroatoms. The number of aromatic nitrogens is 1. The number of fused-ring (bicyclic) bond motifs is 3. The summed E-state index contributed by atoms with van der Waals surface area (Å²) in [6, 6.07) is 29.3. The van der Waals surface area contributed by atoms with Gasteiger partial charge in [-0.1, -0.05) is 89.1 Å². The van der Waals surface area contributed by atoms with Gasteiger partial charge < -0.3 is 9.47 Å². The number of hydrogen-bond donors (Lipinski definition) is 0. The first kappa shape index (κ1) is 27.7. The molecule has 1 aliphatic carbocycles. The highest BCUT2D eigenvalue weighted by Crippen LogP contribution is 2.41. The van der Waals surface area contributed by atoms with Gasteiger partial charge in [0.15, 0.2) is 4.80 Å². The van der Waals surface area contributed by atoms with Crippen LogP contribution in [0.3, 0.4) is 0 Å². The van der Waals surface area contributed by atoms with Crippen molar-refractivity contribution in [3.63, 3.8) is 0 Å². The van der Waals surface area contributed by atoms with Crippen molar-refractivity contribution < 1.29 is 9.47 Å². The Morgan fingerprint density at radius 2 is 1.77 bits per heavy atom. The third kappa shape index (κ3) is 5.31. The summed E-state index contributed by atoms with van der Waals surface area (Å²) in [4.78, 5) is 19.9. The van der Waals surface area contributed by atoms with E-state index in [2.05, 4.69) is 24.3 Å². The molecule has 0 amide bonds. The highest BCUT2D eigenvalue weighted by molar-refractivity contribution is 7.07. The summed E-state index contributed by atoms with van der Waals surface area (Å²) >= 11 is 13.6. The Labute approximate surface area is 262 Å². The monoisotopic (exact) mass is 624 g/mol. The second kappa shape index (κ2) is 11.5. The van der Waals surface area contributed by atoms with E-state index in [1.54, 1.807) is 19.2 Å². The fraction of sp³-hybridized carbons (Fsp3) is 0.143. The Bertz CT molecular complexity index is 2080. The van der Waals surface area contributed by atoms with Crippen molar-refractivity contribution in [2.75, 3.05) is 7.11 Å². The standard InChI is InChI=1S/C35H26Cl2N2O3S/c1-41-25-13-10-24(11-14-25)33-28-15-12-23-6-2-3-8-27(23)32(28)38-35-39(33)34(40)31(43-35)19-21-5-4-7-26(17-21)42-20-22-9-16-29(36)30(37)18-22/h2-11,13-14,16-19,33H,12,15,20H2,1H3/b31-19-/t33-/m1/s1. The SMILES string of the molecule is COc1ccc([C@@H]2C3=C(N=c4s/c(=C\c5cccc(OCc6ccc(Cl)c(Cl)c6)c5)c(=O)n42)c2ccccc2CC3)cc1. The average molecular weight is 626 g/mol. The summed E-state index contributed by atoms with van der Waals surface area (Å²) in [5.41, 5.74) is 7.34. The molecule has 1 atom stereocenters. The van der Waals surface area contributed by atoms with E-state index in [1.165, 1.54) is 22.5 Å². The van der Waals surface area contributed by atoms with Gasteiger partial charge >= 0.3 is 0 Å². The topological polar surface area (TPSA) is 52.8 Å². The van der Waals surface area contributed by atoms with Gasteiger partial charge in [0.25, 0.3) is 5.56 Å². The second-order valence-electron chi connectivity index (χ2n) is 10.5. The molecule has 214 valence electrons. The molecule has 0 bridgehead atoms. The number of nitrogens with zero attached hydrogens (tertiary/aromatic N) is 2. The minimum Gasteiger partial charge on any atom is -0.497 e. The van der Waals surface area contributed by atoms with Crippen molar-refractivity contribution in [1.29, 1.82) is 0 Å². The van der Waals surface area contributed by atoms with Crippen LogP contribution in [-0.4, -0.2) is 11.7 Å². The van der Waals surface area contributed by atoms with Gasteiger partial charge in [0.2, 0.25) is 0 Å². The number of methoxy groups -OCH3 is 1. The highest BCUT2D eigenvalue weighted by atomic mass is 35.5. The highest BCUT2D eigenvalue weighted by Gasteiger charge is 2.32. The van der Waals surface area contributed by atoms with E-state index < -0.39 is 0 Å². The molecule has 0 unspecified atom stereocenters. The normalized spacial score (nSPS) is 15.8. The van der Waals surface area contributed by atoms with Crippen LogP contribution >= 0.6 is 34.5 Å². The Hall–Kier alpha value is -4.10. The maximum Gasteiger partial charge on any atom is 0.271 e. The lowest BCUT2D eigenvalue weighted by Gasteiger charge is -2.30. The smallest absolute Gasteiger partial charge is 0.271 e. The van der Waals surface area contributed by atoms with Crippen molar-refractivity contribution in [3.05, 3.63) is 154 Å². The van der Waals surface area contributed by atoms with Crippen LogP contribution in [0.15, 0.2) is 106 Å². The molecule has 2 heterocycles. The molecule has 7 rings (SSSR count). The number of rotatable bonds is 6. The van der Waals surface area contributed by atoms with E-state index in [0.29, 0.717) is 31.7 Å². The van der Waals surface area contributed by atoms with E-state index in [4.69, 9.17) is 37.7 Å². The number of allylic oxidation sites excluding steroid dienone is 1. The summed E-state index contributed by atoms with van der Waals surface area (Å²) in [6.07, 6.45) is 3.67. The van der Waals surface area contributed by atoms with Gasteiger partial charge in [0.05, 0.1) is 33.4 Å². The summed E-state index contributed by atoms with van der Waals surface area (Å²) in [7, 11) is 1.66. The maximum absolute atomic E-state index is 14.1. The zero-order chi connectivity index (χ0) is 29.5. The fourth-order valence-corrected chi connectivity index (χ4v) is 7.07. The van der Waals surface area contributed by atoms with Gasteiger partial charge in [-0.05, 0) is 83.1 Å². The van der Waals surface area contributed by atoms with E-state index >= 15 is 0 Å². The first-order valence-corrected chi connectivity index (χ1v) is 15.5. The van der Waals surface area contributed by atoms with E-state index in [0.717, 1.165) is 46.5 Å². The van der Waals surface area contributed by atoms with Crippen LogP contribution in [0, 0.1) is 0 Å². The van der Waals surface area contributed by atoms with Crippen molar-refractivity contribution in [1.82, 2.24) is 4.57 Å². The Morgan fingerprint density at radius 3 is 2.58 bits per heavy atom. The quantitative estimate of drug-likeness (QED) is 0.200. The number of aryl methyl sites for hydroxylation is 1. The lowest BCUT2D eigenvalue weighted by atomic mass is 9.83. The molecule has 1 aromatic heterocycles. The summed E-state index contributed by atoms with van der Waals surface area (Å²) in [5.74, 6) is 1.47. The van der Waals surface area contributed by atoms with Crippen molar-refractivity contribution in [2.45, 2.75) is 25.5 Å². The zero-order valence-electron chi connectivity index (χ0n) is 23.2. The number of thiazole rings is 1. The molecule has 4 aromatic carbocycles. The van der Waals surface area contributed by atoms with Gasteiger partial charge in [-0.15, -0.1) is 0 Å². The van der Waals surface area contributed by atoms with Crippen LogP contribution in [0.25, 0.3) is 11.8 Å². The lowest BCUT2D eigenvalue weighted by molar-refractivity contribution is 0.306. The molecular formula is C35H26Cl2N2O3S. The molecule has 0 spiro atoms. The molecule has 0 N–H and O–H groups in total. The predicted octanol–water partition coefficient (Wildman–Crippen LogP) is 7.21. The molecule has 0 fully saturated rings. The van der Waals surface area contributed by atoms with Crippen LogP contribution in [0.2, 0.25) is 10.0 Å². The molecule has 1 aliphatic heterocycles. The largest absolute Gasteiger partial charge is 0.497 e. The third-order valence-electron chi connectivity index (χ3n) is 7.85. The summed E-state index contributed by atoms with van der Waals surface area (Å²) in [6.45, 7) is 0.345. The Balaban J connectivity index is 1.29. The minimum absolute atomic E-state index is 0.0582. The van der Waals surface area contributed by atoms with Crippen LogP contribution in [0.5, 0.6) is 11.5 Å². The zero-order valence-corrected chi connectivity index (χ0v) is 25.5. The van der Waals surface area contributed by atoms with Gasteiger partial charge in [0.1, 0.15) is 18.1 Å². The van der Waals surface area contributed by atoms with Crippen LogP contribution in [0.1, 0.15) is 40.3 Å². The number of ether oxygens (including phenoxy) is 2.